The van der Waals surface area contributed by atoms with Gasteiger partial charge < -0.3 is 48.3 Å². The summed E-state index contributed by atoms with van der Waals surface area (Å²) in [5, 5.41) is 26.5. The third-order valence-electron chi connectivity index (χ3n) is 7.51. The van der Waals surface area contributed by atoms with E-state index in [0.29, 0.717) is 17.7 Å². The number of carboxylic acids is 1. The summed E-state index contributed by atoms with van der Waals surface area (Å²) in [6.07, 6.45) is 0.221. The number of rotatable bonds is 18. The first kappa shape index (κ1) is 37.7. The Balaban J connectivity index is 2.11. The van der Waals surface area contributed by atoms with Gasteiger partial charge in [0.05, 0.1) is 25.5 Å². The first-order chi connectivity index (χ1) is 21.7. The minimum Gasteiger partial charge on any atom is -0.481 e. The summed E-state index contributed by atoms with van der Waals surface area (Å²) >= 11 is 0. The predicted molar refractivity (Wildman–Crippen MR) is 162 cm³/mol. The lowest BCUT2D eigenvalue weighted by atomic mass is 9.99. The SMILES string of the molecule is CC(C)CC(C(=O)NC(CCCN=C(N)N)C(=O)NCCC(=O)O)N1CCN(C(=O)C(CO)N2C(=O)NC(CC(N)=O)C2=O)CC1. The molecule has 46 heavy (non-hydrogen) atoms. The van der Waals surface area contributed by atoms with Gasteiger partial charge in [0.25, 0.3) is 5.91 Å². The molecule has 11 N–H and O–H groups in total. The van der Waals surface area contributed by atoms with Gasteiger partial charge in [-0.2, -0.15) is 0 Å². The molecule has 2 rings (SSSR count). The molecular formula is C27H46N10O9. The van der Waals surface area contributed by atoms with Gasteiger partial charge >= 0.3 is 12.0 Å². The van der Waals surface area contributed by atoms with Crippen molar-refractivity contribution in [3.63, 3.8) is 0 Å². The van der Waals surface area contributed by atoms with E-state index in [1.165, 1.54) is 4.90 Å². The Morgan fingerprint density at radius 1 is 1.02 bits per heavy atom. The van der Waals surface area contributed by atoms with Gasteiger partial charge in [0.1, 0.15) is 18.1 Å². The van der Waals surface area contributed by atoms with Crippen LogP contribution in [0.1, 0.15) is 46.0 Å². The van der Waals surface area contributed by atoms with Crippen LogP contribution >= 0.6 is 0 Å². The molecule has 2 heterocycles. The van der Waals surface area contributed by atoms with Gasteiger partial charge in [-0.25, -0.2) is 9.69 Å². The highest BCUT2D eigenvalue weighted by Gasteiger charge is 2.46. The second-order valence-electron chi connectivity index (χ2n) is 11.5. The van der Waals surface area contributed by atoms with E-state index in [0.717, 1.165) is 0 Å². The maximum Gasteiger partial charge on any atom is 0.325 e. The number of aliphatic hydroxyl groups is 1. The van der Waals surface area contributed by atoms with Gasteiger partial charge in [0, 0.05) is 39.3 Å². The van der Waals surface area contributed by atoms with Crippen molar-refractivity contribution in [3.05, 3.63) is 0 Å². The monoisotopic (exact) mass is 654 g/mol. The summed E-state index contributed by atoms with van der Waals surface area (Å²) in [5.74, 6) is -4.44. The summed E-state index contributed by atoms with van der Waals surface area (Å²) in [5.41, 5.74) is 15.9. The number of nitrogens with two attached hydrogens (primary N) is 3. The number of aliphatic carboxylic acids is 1. The van der Waals surface area contributed by atoms with Crippen LogP contribution in [0, 0.1) is 5.92 Å². The van der Waals surface area contributed by atoms with E-state index in [2.05, 4.69) is 20.9 Å². The number of piperazine rings is 1. The van der Waals surface area contributed by atoms with Crippen LogP contribution in [-0.4, -0.2) is 142 Å². The molecule has 2 aliphatic heterocycles. The van der Waals surface area contributed by atoms with E-state index in [4.69, 9.17) is 22.3 Å². The third kappa shape index (κ3) is 11.1. The lowest BCUT2D eigenvalue weighted by Crippen LogP contribution is -2.61. The van der Waals surface area contributed by atoms with E-state index in [-0.39, 0.29) is 64.0 Å². The number of nitrogens with one attached hydrogen (secondary N) is 3. The number of hydrogen-bond donors (Lipinski definition) is 8. The number of guanidine groups is 1. The Hall–Kier alpha value is -4.52. The summed E-state index contributed by atoms with van der Waals surface area (Å²) in [7, 11) is 0. The van der Waals surface area contributed by atoms with Crippen LogP contribution in [0.5, 0.6) is 0 Å². The van der Waals surface area contributed by atoms with Gasteiger partial charge in [-0.1, -0.05) is 13.8 Å². The van der Waals surface area contributed by atoms with Crippen LogP contribution in [-0.2, 0) is 28.8 Å². The number of urea groups is 1. The quantitative estimate of drug-likeness (QED) is 0.0302. The van der Waals surface area contributed by atoms with Crippen molar-refractivity contribution < 1.29 is 43.8 Å². The molecule has 0 spiro atoms. The van der Waals surface area contributed by atoms with Crippen molar-refractivity contribution in [1.82, 2.24) is 30.7 Å². The number of aliphatic hydroxyl groups excluding tert-OH is 1. The standard InChI is InChI=1S/C27H46N10O9/c1-15(2)12-18(23(43)33-16(4-3-6-32-26(29)30)22(42)31-7-5-21(40)41)35-8-10-36(11-9-35)25(45)19(14-38)37-24(44)17(13-20(28)39)34-27(37)46/h15-19,38H,3-14H2,1-2H3,(H2,28,39)(H,31,42)(H,33,43)(H,34,46)(H,40,41)(H4,29,30,32). The number of carbonyl (C=O) groups is 7. The van der Waals surface area contributed by atoms with Crippen LogP contribution in [0.15, 0.2) is 4.99 Å². The molecule has 4 atom stereocenters. The molecule has 2 aliphatic rings. The summed E-state index contributed by atoms with van der Waals surface area (Å²) < 4.78 is 0. The topological polar surface area (TPSA) is 296 Å². The average Bonchev–Trinajstić information content (AvgIpc) is 3.24. The minimum atomic E-state index is -1.51. The maximum atomic E-state index is 13.6. The van der Waals surface area contributed by atoms with Crippen LogP contribution < -0.4 is 33.2 Å². The zero-order valence-corrected chi connectivity index (χ0v) is 26.1. The molecule has 258 valence electrons. The third-order valence-corrected chi connectivity index (χ3v) is 7.51. The van der Waals surface area contributed by atoms with E-state index >= 15 is 0 Å². The van der Waals surface area contributed by atoms with Crippen LogP contribution in [0.4, 0.5) is 4.79 Å². The van der Waals surface area contributed by atoms with Crippen LogP contribution in [0.3, 0.4) is 0 Å². The number of hydrogen-bond acceptors (Lipinski definition) is 10. The molecular weight excluding hydrogens is 608 g/mol. The Bertz CT molecular complexity index is 1170. The van der Waals surface area contributed by atoms with E-state index < -0.39 is 78.7 Å². The highest BCUT2D eigenvalue weighted by molar-refractivity contribution is 6.08. The highest BCUT2D eigenvalue weighted by atomic mass is 16.4. The maximum absolute atomic E-state index is 13.6. The molecule has 2 saturated heterocycles. The first-order valence-electron chi connectivity index (χ1n) is 15.1. The number of carbonyl (C=O) groups excluding carboxylic acids is 6. The molecule has 2 fully saturated rings. The fourth-order valence-corrected chi connectivity index (χ4v) is 5.24. The normalized spacial score (nSPS) is 18.8. The molecule has 0 aliphatic carbocycles. The molecule has 0 aromatic rings. The number of nitrogens with zero attached hydrogens (tertiary/aromatic N) is 4. The Morgan fingerprint density at radius 3 is 2.22 bits per heavy atom. The number of carboxylic acid groups (broad SMARTS) is 1. The average molecular weight is 655 g/mol. The number of imide groups is 1. The summed E-state index contributed by atoms with van der Waals surface area (Å²) in [4.78, 5) is 94.9. The summed E-state index contributed by atoms with van der Waals surface area (Å²) in [6, 6.07) is -5.32. The van der Waals surface area contributed by atoms with Crippen molar-refractivity contribution >= 4 is 47.5 Å². The second kappa shape index (κ2) is 17.8. The second-order valence-corrected chi connectivity index (χ2v) is 11.5. The molecule has 0 aromatic heterocycles. The van der Waals surface area contributed by atoms with Crippen molar-refractivity contribution in [3.8, 4) is 0 Å². The minimum absolute atomic E-state index is 0.0759. The van der Waals surface area contributed by atoms with Crippen molar-refractivity contribution in [2.45, 2.75) is 70.1 Å². The predicted octanol–water partition coefficient (Wildman–Crippen LogP) is -4.17. The number of aliphatic imine (C=N–C) groups is 1. The first-order valence-corrected chi connectivity index (χ1v) is 15.1. The van der Waals surface area contributed by atoms with E-state index in [1.54, 1.807) is 0 Å². The number of amides is 7. The van der Waals surface area contributed by atoms with Crippen molar-refractivity contribution in [2.24, 2.45) is 28.1 Å². The fourth-order valence-electron chi connectivity index (χ4n) is 5.24. The summed E-state index contributed by atoms with van der Waals surface area (Å²) in [6.45, 7) is 3.82. The van der Waals surface area contributed by atoms with Gasteiger partial charge in [0.15, 0.2) is 5.96 Å². The van der Waals surface area contributed by atoms with Crippen molar-refractivity contribution in [2.75, 3.05) is 45.9 Å². The Labute approximate surface area is 266 Å². The highest BCUT2D eigenvalue weighted by Crippen LogP contribution is 2.19. The Kier molecular flexibility index (Phi) is 14.6. The van der Waals surface area contributed by atoms with Gasteiger partial charge in [-0.05, 0) is 25.2 Å². The Morgan fingerprint density at radius 2 is 1.67 bits per heavy atom. The zero-order chi connectivity index (χ0) is 34.6. The zero-order valence-electron chi connectivity index (χ0n) is 26.1. The molecule has 19 heteroatoms. The lowest BCUT2D eigenvalue weighted by molar-refractivity contribution is -0.145. The van der Waals surface area contributed by atoms with E-state index in [9.17, 15) is 38.7 Å². The number of primary amides is 1. The van der Waals surface area contributed by atoms with Gasteiger partial charge in [0.2, 0.25) is 23.6 Å². The van der Waals surface area contributed by atoms with Gasteiger partial charge in [-0.3, -0.25) is 38.7 Å². The molecule has 0 bridgehead atoms. The molecule has 19 nitrogen and oxygen atoms in total. The molecule has 7 amide bonds. The molecule has 0 radical (unpaired) electrons. The smallest absolute Gasteiger partial charge is 0.325 e. The molecule has 4 unspecified atom stereocenters. The van der Waals surface area contributed by atoms with Gasteiger partial charge in [-0.15, -0.1) is 0 Å². The van der Waals surface area contributed by atoms with Crippen LogP contribution in [0.25, 0.3) is 0 Å². The molecule has 0 saturated carbocycles. The fraction of sp³-hybridized carbons (Fsp3) is 0.704. The molecule has 0 aromatic carbocycles. The van der Waals surface area contributed by atoms with Crippen molar-refractivity contribution in [1.29, 1.82) is 0 Å². The lowest BCUT2D eigenvalue weighted by Gasteiger charge is -2.40. The largest absolute Gasteiger partial charge is 0.481 e. The van der Waals surface area contributed by atoms with E-state index in [1.807, 2.05) is 18.7 Å². The van der Waals surface area contributed by atoms with Crippen LogP contribution in [0.2, 0.25) is 0 Å².